The van der Waals surface area contributed by atoms with Gasteiger partial charge in [-0.25, -0.2) is 4.85 Å². The third-order valence-electron chi connectivity index (χ3n) is 20.3. The molecule has 2 aliphatic heterocycles. The van der Waals surface area contributed by atoms with Gasteiger partial charge in [-0.05, 0) is 127 Å². The molecule has 0 amide bonds. The molecule has 21 rings (SSSR count). The maximum absolute atomic E-state index is 9.99. The maximum atomic E-state index is 9.99. The number of benzene rings is 12. The fourth-order valence-corrected chi connectivity index (χ4v) is 16.4. The molecule has 0 unspecified atom stereocenters. The molecule has 6 aromatic heterocycles. The molecule has 12 aromatic carbocycles. The third kappa shape index (κ3) is 6.91. The van der Waals surface area contributed by atoms with E-state index in [4.69, 9.17) is 26.0 Å². The lowest BCUT2D eigenvalue weighted by molar-refractivity contribution is 0.435. The number of hydrogen-bond donors (Lipinski definition) is 0. The minimum absolute atomic E-state index is 0.570. The Labute approximate surface area is 548 Å². The monoisotopic (exact) mass is 1230 g/mol. The van der Waals surface area contributed by atoms with Gasteiger partial charge in [-0.3, -0.25) is 9.97 Å². The normalized spacial score (nSPS) is 13.2. The van der Waals surface area contributed by atoms with Gasteiger partial charge in [0.2, 0.25) is 0 Å². The second kappa shape index (κ2) is 19.3. The molecule has 0 atom stereocenters. The predicted molar refractivity (Wildman–Crippen MR) is 383 cm³/mol. The molecule has 0 saturated carbocycles. The topological polar surface area (TPSA) is 95.3 Å². The lowest BCUT2D eigenvalue weighted by Gasteiger charge is -2.41. The molecule has 18 aromatic rings. The van der Waals surface area contributed by atoms with Crippen LogP contribution in [-0.4, -0.2) is 28.2 Å². The van der Waals surface area contributed by atoms with Crippen molar-refractivity contribution < 1.29 is 9.47 Å². The summed E-state index contributed by atoms with van der Waals surface area (Å²) < 4.78 is 24.0. The van der Waals surface area contributed by atoms with E-state index in [1.807, 2.05) is 60.9 Å². The molecule has 444 valence electrons. The summed E-state index contributed by atoms with van der Waals surface area (Å²) in [7, 11) is 0. The third-order valence-corrected chi connectivity index (χ3v) is 20.3. The molecule has 0 radical (unpaired) electrons. The average Bonchev–Trinajstić information content (AvgIpc) is 1.47. The number of pyridine rings is 2. The second-order valence-corrected chi connectivity index (χ2v) is 25.0. The van der Waals surface area contributed by atoms with Crippen LogP contribution >= 0.6 is 0 Å². The fraction of sp³-hybridized carbons (Fsp3) is 0.0118. The summed E-state index contributed by atoms with van der Waals surface area (Å²) >= 11 is 0. The van der Waals surface area contributed by atoms with E-state index >= 15 is 0 Å². The Morgan fingerprint density at radius 3 is 1.39 bits per heavy atom. The van der Waals surface area contributed by atoms with E-state index in [1.165, 1.54) is 0 Å². The summed E-state index contributed by atoms with van der Waals surface area (Å²) in [5.41, 5.74) is 19.7. The van der Waals surface area contributed by atoms with Gasteiger partial charge in [-0.1, -0.05) is 140 Å². The van der Waals surface area contributed by atoms with Crippen molar-refractivity contribution in [3.05, 3.63) is 325 Å². The van der Waals surface area contributed by atoms with E-state index in [0.717, 1.165) is 161 Å². The number of fused-ring (bicyclic) bond motifs is 23. The van der Waals surface area contributed by atoms with Crippen molar-refractivity contribution in [3.8, 4) is 63.2 Å². The Balaban J connectivity index is 0.858. The first kappa shape index (κ1) is 52.2. The predicted octanol–water partition coefficient (Wildman–Crippen LogP) is 21.3. The first-order valence-electron chi connectivity index (χ1n) is 32.0. The van der Waals surface area contributed by atoms with E-state index in [9.17, 15) is 5.26 Å². The van der Waals surface area contributed by atoms with Gasteiger partial charge in [-0.15, -0.1) is 0 Å². The van der Waals surface area contributed by atoms with Gasteiger partial charge in [0.1, 0.15) is 11.5 Å². The van der Waals surface area contributed by atoms with Gasteiger partial charge in [0.15, 0.2) is 17.2 Å². The van der Waals surface area contributed by atoms with Crippen LogP contribution in [0.1, 0.15) is 27.8 Å². The second-order valence-electron chi connectivity index (χ2n) is 25.0. The Morgan fingerprint density at radius 1 is 0.344 bits per heavy atom. The molecule has 11 heteroatoms. The van der Waals surface area contributed by atoms with Crippen molar-refractivity contribution in [3.63, 3.8) is 0 Å². The largest absolute Gasteiger partial charge is 0.457 e. The van der Waals surface area contributed by atoms with Crippen molar-refractivity contribution >= 4 is 110 Å². The molecule has 0 fully saturated rings. The van der Waals surface area contributed by atoms with E-state index in [-0.39, 0.29) is 0 Å². The molecule has 8 heterocycles. The number of para-hydroxylation sites is 8. The Morgan fingerprint density at radius 2 is 0.792 bits per heavy atom. The highest BCUT2D eigenvalue weighted by Crippen LogP contribution is 2.65. The summed E-state index contributed by atoms with van der Waals surface area (Å²) in [6.45, 7) is 8.17. The van der Waals surface area contributed by atoms with Crippen LogP contribution < -0.4 is 14.4 Å². The van der Waals surface area contributed by atoms with Crippen LogP contribution in [0.4, 0.5) is 22.7 Å². The SMILES string of the molecule is [C-]#[N+]c1ccc2c(c1)c1ccccc1n2-c1cccc2c1C1(c3ccc(N4c5ccccc5Oc5cc(-n6c7ccccc7c7cc(C#N)ccc76)ccc54)cc3O2)c2cc(-n3c4ccccc4c4ccccc43)cnc2-c2ncc(-n3c4ccccc4c4ccccc43)cc21. The van der Waals surface area contributed by atoms with Gasteiger partial charge < -0.3 is 32.6 Å². The Hall–Kier alpha value is -13.5. The first-order chi connectivity index (χ1) is 47.5. The zero-order valence-electron chi connectivity index (χ0n) is 51.0. The van der Waals surface area contributed by atoms with Crippen LogP contribution in [0.2, 0.25) is 0 Å². The van der Waals surface area contributed by atoms with Gasteiger partial charge >= 0.3 is 0 Å². The summed E-state index contributed by atoms with van der Waals surface area (Å²) in [6.07, 6.45) is 4.04. The van der Waals surface area contributed by atoms with Crippen molar-refractivity contribution in [2.75, 3.05) is 4.90 Å². The van der Waals surface area contributed by atoms with Gasteiger partial charge in [0, 0.05) is 72.1 Å². The number of anilines is 3. The fourth-order valence-electron chi connectivity index (χ4n) is 16.4. The van der Waals surface area contributed by atoms with Crippen LogP contribution in [0.25, 0.3) is 126 Å². The van der Waals surface area contributed by atoms with E-state index < -0.39 is 5.41 Å². The number of hydrogen-bond acceptors (Lipinski definition) is 6. The van der Waals surface area contributed by atoms with E-state index in [2.05, 4.69) is 259 Å². The molecule has 0 N–H and O–H groups in total. The van der Waals surface area contributed by atoms with Crippen molar-refractivity contribution in [2.45, 2.75) is 5.41 Å². The summed E-state index contributed by atoms with van der Waals surface area (Å²) in [5.74, 6) is 2.71. The maximum Gasteiger partial charge on any atom is 0.188 e. The number of ether oxygens (including phenoxy) is 2. The van der Waals surface area contributed by atoms with Crippen LogP contribution in [0.3, 0.4) is 0 Å². The number of rotatable bonds is 5. The molecular weight excluding hydrogens is 1180 g/mol. The summed E-state index contributed by atoms with van der Waals surface area (Å²) in [4.78, 5) is 17.6. The molecule has 1 spiro atoms. The van der Waals surface area contributed by atoms with Crippen molar-refractivity contribution in [2.24, 2.45) is 0 Å². The standard InChI is InChI=1S/C85H47N9O2/c1-87-51-34-39-74-63(42-51)61-22-7-13-28-72(61)94(74)77-30-16-32-79-82(77)85(64-37-35-52(45-80(64)96-79)91-75-29-14-15-31-78(75)95-81-46-53(36-40-76(81)91)90-71-27-12-6-21-60(71)62-41-50(47-86)33-38-73(62)90)65-43-54(92-67-23-8-2-17-56(67)57-18-3-9-24-68(57)92)48-88-83(65)84-66(85)44-55(49-89-84)93-69-25-10-4-19-58(69)59-20-5-11-26-70(59)93/h2-46,48-49H. The van der Waals surface area contributed by atoms with Crippen molar-refractivity contribution in [1.82, 2.24) is 28.2 Å². The zero-order valence-corrected chi connectivity index (χ0v) is 51.0. The zero-order chi connectivity index (χ0) is 63.1. The molecule has 3 aliphatic rings. The number of aromatic nitrogens is 6. The quantitative estimate of drug-likeness (QED) is 0.159. The molecule has 0 saturated heterocycles. The smallest absolute Gasteiger partial charge is 0.188 e. The molecule has 0 bridgehead atoms. The van der Waals surface area contributed by atoms with Crippen LogP contribution in [0.15, 0.2) is 285 Å². The van der Waals surface area contributed by atoms with E-state index in [0.29, 0.717) is 34.2 Å². The minimum atomic E-state index is -1.19. The Bertz CT molecular complexity index is 6340. The Kier molecular flexibility index (Phi) is 10.5. The first-order valence-corrected chi connectivity index (χ1v) is 32.0. The van der Waals surface area contributed by atoms with Crippen LogP contribution in [0, 0.1) is 17.9 Å². The van der Waals surface area contributed by atoms with Crippen LogP contribution in [-0.2, 0) is 5.41 Å². The lowest BCUT2D eigenvalue weighted by atomic mass is 9.65. The lowest BCUT2D eigenvalue weighted by Crippen LogP contribution is -2.34. The van der Waals surface area contributed by atoms with Crippen molar-refractivity contribution in [1.29, 1.82) is 5.26 Å². The van der Waals surface area contributed by atoms with Gasteiger partial charge in [0.05, 0.1) is 131 Å². The van der Waals surface area contributed by atoms with Gasteiger partial charge in [-0.2, -0.15) is 5.26 Å². The molecule has 96 heavy (non-hydrogen) atoms. The van der Waals surface area contributed by atoms with Crippen LogP contribution in [0.5, 0.6) is 23.0 Å². The molecule has 1 aliphatic carbocycles. The number of nitrogens with zero attached hydrogens (tertiary/aromatic N) is 9. The highest BCUT2D eigenvalue weighted by atomic mass is 16.5. The molecule has 11 nitrogen and oxygen atoms in total. The minimum Gasteiger partial charge on any atom is -0.457 e. The summed E-state index contributed by atoms with van der Waals surface area (Å²) in [5, 5.41) is 18.7. The number of nitriles is 1. The summed E-state index contributed by atoms with van der Waals surface area (Å²) in [6, 6.07) is 98.1. The average molecular weight is 1230 g/mol. The molecular formula is C85H47N9O2. The highest BCUT2D eigenvalue weighted by Gasteiger charge is 2.55. The van der Waals surface area contributed by atoms with Gasteiger partial charge in [0.25, 0.3) is 0 Å². The highest BCUT2D eigenvalue weighted by molar-refractivity contribution is 6.13. The van der Waals surface area contributed by atoms with E-state index in [1.54, 1.807) is 0 Å².